The van der Waals surface area contributed by atoms with Crippen molar-refractivity contribution >= 4 is 91.0 Å². The number of fused-ring (bicyclic) bond motifs is 3. The van der Waals surface area contributed by atoms with Gasteiger partial charge in [-0.2, -0.15) is 15.0 Å². The van der Waals surface area contributed by atoms with Crippen LogP contribution in [0.4, 0.5) is 0 Å². The maximum atomic E-state index is 7.02. The van der Waals surface area contributed by atoms with Crippen molar-refractivity contribution in [2.75, 3.05) is 0 Å². The Morgan fingerprint density at radius 2 is 0.703 bits per heavy atom. The topological polar surface area (TPSA) is 43.6 Å². The van der Waals surface area contributed by atoms with Gasteiger partial charge >= 0.3 is 0 Å². The van der Waals surface area contributed by atoms with Crippen molar-refractivity contribution < 1.29 is 0 Å². The van der Waals surface area contributed by atoms with Crippen LogP contribution in [-0.4, -0.2) is 35.7 Å². The van der Waals surface area contributed by atoms with Crippen LogP contribution in [0, 0.1) is 0 Å². The second-order valence-corrected chi connectivity index (χ2v) is 24.0. The van der Waals surface area contributed by atoms with Gasteiger partial charge in [0.2, 0.25) is 11.2 Å². The summed E-state index contributed by atoms with van der Waals surface area (Å²) in [6.07, 6.45) is 0. The molecule has 0 radical (unpaired) electrons. The van der Waals surface area contributed by atoms with E-state index in [0.717, 1.165) is 27.4 Å². The second-order valence-electron chi connectivity index (χ2n) is 16.1. The third-order valence-corrected chi connectivity index (χ3v) is 22.4. The molecule has 64 heavy (non-hydrogen) atoms. The summed E-state index contributed by atoms with van der Waals surface area (Å²) >= 11 is 7.02. The summed E-state index contributed by atoms with van der Waals surface area (Å²) in [7, 11) is -5.69. The lowest BCUT2D eigenvalue weighted by atomic mass is 10.1. The van der Waals surface area contributed by atoms with E-state index < -0.39 is 16.1 Å². The van der Waals surface area contributed by atoms with Crippen LogP contribution in [0.5, 0.6) is 0 Å². The summed E-state index contributed by atoms with van der Waals surface area (Å²) < 4.78 is 2.17. The van der Waals surface area contributed by atoms with Gasteiger partial charge in [0.15, 0.2) is 22.0 Å². The zero-order chi connectivity index (χ0) is 42.9. The van der Waals surface area contributed by atoms with Gasteiger partial charge in [0.1, 0.15) is 0 Å². The van der Waals surface area contributed by atoms with Crippen molar-refractivity contribution in [3.63, 3.8) is 0 Å². The smallest absolute Gasteiger partial charge is 0.239 e. The summed E-state index contributed by atoms with van der Waals surface area (Å²) in [4.78, 5) is 15.1. The molecule has 0 spiro atoms. The molecule has 0 amide bonds. The van der Waals surface area contributed by atoms with Crippen LogP contribution in [-0.2, 0) is 0 Å². The highest BCUT2D eigenvalue weighted by Gasteiger charge is 2.43. The minimum Gasteiger partial charge on any atom is -0.278 e. The summed E-state index contributed by atoms with van der Waals surface area (Å²) in [5.41, 5.74) is 2.86. The number of hydrogen-bond acceptors (Lipinski definition) is 3. The largest absolute Gasteiger partial charge is 0.278 e. The van der Waals surface area contributed by atoms with E-state index in [1.165, 1.54) is 41.5 Å². The lowest BCUT2D eigenvalue weighted by Crippen LogP contribution is -2.74. The first-order valence-electron chi connectivity index (χ1n) is 21.6. The molecule has 0 aliphatic carbocycles. The van der Waals surface area contributed by atoms with E-state index >= 15 is 0 Å². The van der Waals surface area contributed by atoms with E-state index in [4.69, 9.17) is 26.6 Å². The van der Waals surface area contributed by atoms with E-state index in [1.54, 1.807) is 0 Å². The molecule has 11 aromatic rings. The van der Waals surface area contributed by atoms with Crippen LogP contribution in [0.25, 0.3) is 39.1 Å². The van der Waals surface area contributed by atoms with Gasteiger partial charge in [-0.1, -0.05) is 237 Å². The third kappa shape index (κ3) is 6.54. The fourth-order valence-electron chi connectivity index (χ4n) is 10.0. The third-order valence-electron chi connectivity index (χ3n) is 12.7. The molecule has 0 saturated carbocycles. The zero-order valence-electron chi connectivity index (χ0n) is 34.8. The van der Waals surface area contributed by atoms with Crippen molar-refractivity contribution in [1.82, 2.24) is 19.5 Å². The summed E-state index contributed by atoms with van der Waals surface area (Å²) in [5.74, 6) is 0.977. The second kappa shape index (κ2) is 16.7. The van der Waals surface area contributed by atoms with Crippen molar-refractivity contribution in [3.05, 3.63) is 254 Å². The Morgan fingerprint density at radius 1 is 0.312 bits per heavy atom. The lowest BCUT2D eigenvalue weighted by Gasteiger charge is -2.34. The van der Waals surface area contributed by atoms with Crippen LogP contribution in [0.15, 0.2) is 249 Å². The van der Waals surface area contributed by atoms with Gasteiger partial charge < -0.3 is 0 Å². The average Bonchev–Trinajstić information content (AvgIpc) is 3.70. The van der Waals surface area contributed by atoms with Crippen LogP contribution in [0.3, 0.4) is 0 Å². The number of rotatable bonds is 10. The molecule has 0 bridgehead atoms. The molecule has 4 nitrogen and oxygen atoms in total. The van der Waals surface area contributed by atoms with Gasteiger partial charge in [-0.15, -0.1) is 0 Å². The Bertz CT molecular complexity index is 3190. The number of aromatic nitrogens is 4. The standard InChI is InChI=1S/C57H41ClN4Si2/c58-56-59-55(42-22-21-35-49(40-42)63(43-23-7-1-8-24-43,44-25-9-2-10-26-44)45-27-11-3-12-28-45)60-57(61-56)62-53-37-20-19-36-51(53)52-39-38-50(41-54(52)62)64(46-29-13-4-14-30-46,47-31-15-5-16-32-47)48-33-17-6-18-34-48/h1-41H. The van der Waals surface area contributed by atoms with Crippen molar-refractivity contribution in [3.8, 4) is 17.3 Å². The van der Waals surface area contributed by atoms with E-state index in [2.05, 4.69) is 253 Å². The highest BCUT2D eigenvalue weighted by molar-refractivity contribution is 7.20. The molecule has 0 fully saturated rings. The highest BCUT2D eigenvalue weighted by Crippen LogP contribution is 2.32. The Kier molecular flexibility index (Phi) is 10.2. The summed E-state index contributed by atoms with van der Waals surface area (Å²) in [6.45, 7) is 0. The number of benzene rings is 9. The molecule has 0 aliphatic rings. The van der Waals surface area contributed by atoms with Crippen LogP contribution < -0.4 is 41.5 Å². The summed E-state index contributed by atoms with van der Waals surface area (Å²) in [6, 6.07) is 90.1. The normalized spacial score (nSPS) is 11.8. The Morgan fingerprint density at radius 3 is 1.17 bits per heavy atom. The maximum Gasteiger partial charge on any atom is 0.239 e. The fourth-order valence-corrected chi connectivity index (χ4v) is 19.7. The van der Waals surface area contributed by atoms with Crippen molar-refractivity contribution in [1.29, 1.82) is 0 Å². The van der Waals surface area contributed by atoms with Gasteiger partial charge in [-0.05, 0) is 65.2 Å². The molecule has 0 unspecified atom stereocenters. The minimum atomic E-state index is -2.86. The monoisotopic (exact) mass is 872 g/mol. The molecular weight excluding hydrogens is 832 g/mol. The zero-order valence-corrected chi connectivity index (χ0v) is 37.6. The Balaban J connectivity index is 1.14. The molecule has 0 N–H and O–H groups in total. The van der Waals surface area contributed by atoms with Crippen LogP contribution in [0.1, 0.15) is 0 Å². The molecule has 0 aliphatic heterocycles. The first-order valence-corrected chi connectivity index (χ1v) is 25.9. The summed E-state index contributed by atoms with van der Waals surface area (Å²) in [5, 5.41) is 12.6. The molecule has 7 heteroatoms. The minimum absolute atomic E-state index is 0.131. The van der Waals surface area contributed by atoms with E-state index in [9.17, 15) is 0 Å². The van der Waals surface area contributed by atoms with Crippen LogP contribution >= 0.6 is 11.6 Å². The molecule has 9 aromatic carbocycles. The maximum absolute atomic E-state index is 7.02. The van der Waals surface area contributed by atoms with Gasteiger partial charge in [-0.25, -0.2) is 0 Å². The fraction of sp³-hybridized carbons (Fsp3) is 0. The number of nitrogens with zero attached hydrogens (tertiary/aromatic N) is 4. The quantitative estimate of drug-likeness (QED) is 0.103. The molecule has 0 saturated heterocycles. The molecule has 2 aromatic heterocycles. The molecule has 2 heterocycles. The molecule has 0 atom stereocenters. The Labute approximate surface area is 379 Å². The van der Waals surface area contributed by atoms with Crippen molar-refractivity contribution in [2.24, 2.45) is 0 Å². The molecule has 304 valence electrons. The number of para-hydroxylation sites is 1. The first-order chi connectivity index (χ1) is 31.7. The average molecular weight is 874 g/mol. The van der Waals surface area contributed by atoms with Gasteiger partial charge in [-0.3, -0.25) is 4.57 Å². The molecular formula is C57H41ClN4Si2. The van der Waals surface area contributed by atoms with E-state index in [1.807, 2.05) is 0 Å². The highest BCUT2D eigenvalue weighted by atomic mass is 35.5. The van der Waals surface area contributed by atoms with Crippen molar-refractivity contribution in [2.45, 2.75) is 0 Å². The predicted molar refractivity (Wildman–Crippen MR) is 272 cm³/mol. The van der Waals surface area contributed by atoms with E-state index in [-0.39, 0.29) is 5.28 Å². The molecule has 11 rings (SSSR count). The number of halogens is 1. The van der Waals surface area contributed by atoms with Gasteiger partial charge in [0, 0.05) is 16.3 Å². The van der Waals surface area contributed by atoms with E-state index in [0.29, 0.717) is 11.8 Å². The predicted octanol–water partition coefficient (Wildman–Crippen LogP) is 8.04. The first kappa shape index (κ1) is 39.4. The van der Waals surface area contributed by atoms with Crippen LogP contribution in [0.2, 0.25) is 5.28 Å². The lowest BCUT2D eigenvalue weighted by molar-refractivity contribution is 0.947. The SMILES string of the molecule is Clc1nc(-c2cccc([Si](c3ccccc3)(c3ccccc3)c3ccccc3)c2)nc(-n2c3ccccc3c3ccc([Si](c4ccccc4)(c4ccccc4)c4ccccc4)cc32)n1. The van der Waals surface area contributed by atoms with Gasteiger partial charge in [0.05, 0.1) is 11.0 Å². The van der Waals surface area contributed by atoms with Gasteiger partial charge in [0.25, 0.3) is 0 Å². The number of hydrogen-bond donors (Lipinski definition) is 0. The Hall–Kier alpha value is -7.49.